The lowest BCUT2D eigenvalue weighted by Crippen LogP contribution is -2.71. The van der Waals surface area contributed by atoms with Gasteiger partial charge < -0.3 is 81.9 Å². The van der Waals surface area contributed by atoms with Gasteiger partial charge in [-0.3, -0.25) is 0 Å². The van der Waals surface area contributed by atoms with Gasteiger partial charge in [0.05, 0.1) is 50.2 Å². The van der Waals surface area contributed by atoms with Crippen molar-refractivity contribution in [1.82, 2.24) is 16.0 Å². The normalized spacial score (nSPS) is 45.7. The van der Waals surface area contributed by atoms with Crippen molar-refractivity contribution in [3.8, 4) is 0 Å². The summed E-state index contributed by atoms with van der Waals surface area (Å²) in [6.45, 7) is 0.909. The number of ether oxygens (including phenoxy) is 3. The van der Waals surface area contributed by atoms with Gasteiger partial charge in [-0.2, -0.15) is 0 Å². The first-order valence-corrected chi connectivity index (χ1v) is 14.2. The van der Waals surface area contributed by atoms with Gasteiger partial charge in [0.2, 0.25) is 0 Å². The minimum atomic E-state index is -1.61. The minimum absolute atomic E-state index is 0.0375. The maximum atomic E-state index is 11.7. The summed E-state index contributed by atoms with van der Waals surface area (Å²) in [5.41, 5.74) is 5.08. The molecular weight excluding hydrogens is 548 g/mol. The third-order valence-electron chi connectivity index (χ3n) is 8.46. The summed E-state index contributed by atoms with van der Waals surface area (Å²) in [6, 6.07) is -3.23. The quantitative estimate of drug-likeness (QED) is 0.0878. The van der Waals surface area contributed by atoms with Gasteiger partial charge in [0.15, 0.2) is 6.29 Å². The number of rotatable bonds is 13. The van der Waals surface area contributed by atoms with Crippen LogP contribution in [0.2, 0.25) is 0 Å². The Kier molecular flexibility index (Phi) is 13.1. The molecule has 16 nitrogen and oxygen atoms in total. The Balaban J connectivity index is 1.86. The molecule has 2 heterocycles. The maximum Gasteiger partial charge on any atom is 0.185 e. The van der Waals surface area contributed by atoms with Crippen LogP contribution in [0.3, 0.4) is 0 Å². The highest BCUT2D eigenvalue weighted by atomic mass is 16.7. The molecule has 2 saturated heterocycles. The van der Waals surface area contributed by atoms with Gasteiger partial charge in [-0.15, -0.1) is 0 Å². The highest BCUT2D eigenvalue weighted by Gasteiger charge is 2.56. The average molecular weight is 599 g/mol. The molecule has 0 aromatic heterocycles. The van der Waals surface area contributed by atoms with Crippen molar-refractivity contribution in [3.05, 3.63) is 0 Å². The molecule has 14 atom stereocenters. The molecule has 41 heavy (non-hydrogen) atoms. The van der Waals surface area contributed by atoms with E-state index in [-0.39, 0.29) is 26.2 Å². The highest BCUT2D eigenvalue weighted by molar-refractivity contribution is 5.07. The monoisotopic (exact) mass is 598 g/mol. The van der Waals surface area contributed by atoms with Gasteiger partial charge in [-0.05, 0) is 33.4 Å². The van der Waals surface area contributed by atoms with E-state index in [0.29, 0.717) is 13.0 Å². The standard InChI is InChI=1S/C25H50N4O12/c1-25(38)10-39-24(20(37)23(25)27-2)41-21-13(29-11(8-31)9-32)6-12(26)15(17(21)34)22-19(36)18(35)16(33)14(40-22)7-28-4-3-5-30/h11-24,27-38H,3-10,26H2,1-2H3. The number of hydrogen-bond donors (Lipinski definition) is 13. The minimum Gasteiger partial charge on any atom is -0.396 e. The van der Waals surface area contributed by atoms with Crippen LogP contribution in [-0.2, 0) is 14.2 Å². The molecule has 1 saturated carbocycles. The zero-order valence-electron chi connectivity index (χ0n) is 23.6. The molecule has 16 heteroatoms. The van der Waals surface area contributed by atoms with E-state index >= 15 is 0 Å². The van der Waals surface area contributed by atoms with Crippen LogP contribution < -0.4 is 21.7 Å². The third-order valence-corrected chi connectivity index (χ3v) is 8.46. The van der Waals surface area contributed by atoms with Crippen LogP contribution in [0.1, 0.15) is 19.8 Å². The highest BCUT2D eigenvalue weighted by Crippen LogP contribution is 2.37. The second-order valence-corrected chi connectivity index (χ2v) is 11.6. The predicted molar refractivity (Wildman–Crippen MR) is 142 cm³/mol. The Labute approximate surface area is 239 Å². The number of nitrogens with one attached hydrogen (secondary N) is 3. The van der Waals surface area contributed by atoms with Gasteiger partial charge in [-0.1, -0.05) is 0 Å². The summed E-state index contributed by atoms with van der Waals surface area (Å²) in [4.78, 5) is 0. The molecule has 0 bridgehead atoms. The molecule has 0 radical (unpaired) electrons. The van der Waals surface area contributed by atoms with E-state index in [1.807, 2.05) is 0 Å². The number of aliphatic hydroxyl groups excluding tert-OH is 8. The van der Waals surface area contributed by atoms with Gasteiger partial charge in [0, 0.05) is 31.2 Å². The van der Waals surface area contributed by atoms with Crippen LogP contribution >= 0.6 is 0 Å². The molecule has 0 spiro atoms. The second kappa shape index (κ2) is 15.4. The van der Waals surface area contributed by atoms with E-state index in [2.05, 4.69) is 16.0 Å². The molecule has 2 aliphatic heterocycles. The first-order chi connectivity index (χ1) is 19.4. The second-order valence-electron chi connectivity index (χ2n) is 11.6. The Bertz CT molecular complexity index is 783. The van der Waals surface area contributed by atoms with Crippen LogP contribution in [0.15, 0.2) is 0 Å². The van der Waals surface area contributed by atoms with Crippen molar-refractivity contribution in [3.63, 3.8) is 0 Å². The number of likely N-dealkylation sites (N-methyl/N-ethyl adjacent to an activating group) is 1. The van der Waals surface area contributed by atoms with E-state index in [1.54, 1.807) is 7.05 Å². The Morgan fingerprint density at radius 2 is 1.68 bits per heavy atom. The summed E-state index contributed by atoms with van der Waals surface area (Å²) >= 11 is 0. The first kappa shape index (κ1) is 34.8. The van der Waals surface area contributed by atoms with Crippen LogP contribution in [0.25, 0.3) is 0 Å². The van der Waals surface area contributed by atoms with Crippen molar-refractivity contribution < 1.29 is 60.2 Å². The van der Waals surface area contributed by atoms with Crippen LogP contribution in [0.5, 0.6) is 0 Å². The van der Waals surface area contributed by atoms with Crippen LogP contribution in [0.4, 0.5) is 0 Å². The topological polar surface area (TPSA) is 272 Å². The lowest BCUT2D eigenvalue weighted by atomic mass is 9.72. The molecule has 3 fully saturated rings. The molecular formula is C25H50N4O12. The van der Waals surface area contributed by atoms with E-state index in [1.165, 1.54) is 6.92 Å². The SMILES string of the molecule is CNC1C(O)C(OC2C(NC(CO)CO)CC(N)C(C3OC(CNCCCO)C(O)C(O)C3O)C2O)OCC1(C)O. The summed E-state index contributed by atoms with van der Waals surface area (Å²) in [5, 5.41) is 102. The first-order valence-electron chi connectivity index (χ1n) is 14.2. The average Bonchev–Trinajstić information content (AvgIpc) is 2.93. The van der Waals surface area contributed by atoms with Crippen LogP contribution in [0, 0.1) is 5.92 Å². The Morgan fingerprint density at radius 3 is 2.29 bits per heavy atom. The van der Waals surface area contributed by atoms with Crippen molar-refractivity contribution in [2.24, 2.45) is 11.7 Å². The fraction of sp³-hybridized carbons (Fsp3) is 1.00. The zero-order valence-corrected chi connectivity index (χ0v) is 23.6. The summed E-state index contributed by atoms with van der Waals surface area (Å²) < 4.78 is 17.8. The molecule has 242 valence electrons. The lowest BCUT2D eigenvalue weighted by molar-refractivity contribution is -0.304. The predicted octanol–water partition coefficient (Wildman–Crippen LogP) is -6.73. The summed E-state index contributed by atoms with van der Waals surface area (Å²) in [6.07, 6.45) is -11.6. The number of aliphatic hydroxyl groups is 9. The summed E-state index contributed by atoms with van der Waals surface area (Å²) in [5.74, 6) is -1.03. The number of hydrogen-bond acceptors (Lipinski definition) is 16. The van der Waals surface area contributed by atoms with Gasteiger partial charge in [0.1, 0.15) is 36.1 Å². The van der Waals surface area contributed by atoms with Crippen LogP contribution in [-0.4, -0.2) is 177 Å². The van der Waals surface area contributed by atoms with E-state index < -0.39 is 104 Å². The Hall–Kier alpha value is -0.640. The smallest absolute Gasteiger partial charge is 0.185 e. The van der Waals surface area contributed by atoms with Crippen molar-refractivity contribution >= 4 is 0 Å². The van der Waals surface area contributed by atoms with Gasteiger partial charge >= 0.3 is 0 Å². The van der Waals surface area contributed by atoms with E-state index in [4.69, 9.17) is 25.1 Å². The fourth-order valence-electron chi connectivity index (χ4n) is 6.17. The largest absolute Gasteiger partial charge is 0.396 e. The molecule has 3 rings (SSSR count). The van der Waals surface area contributed by atoms with Gasteiger partial charge in [-0.25, -0.2) is 0 Å². The molecule has 14 unspecified atom stereocenters. The van der Waals surface area contributed by atoms with Crippen molar-refractivity contribution in [2.75, 3.05) is 46.6 Å². The van der Waals surface area contributed by atoms with Gasteiger partial charge in [0.25, 0.3) is 0 Å². The Morgan fingerprint density at radius 1 is 1.00 bits per heavy atom. The summed E-state index contributed by atoms with van der Waals surface area (Å²) in [7, 11) is 1.56. The van der Waals surface area contributed by atoms with Crippen molar-refractivity contribution in [2.45, 2.75) is 105 Å². The fourth-order valence-corrected chi connectivity index (χ4v) is 6.17. The number of nitrogens with two attached hydrogens (primary N) is 1. The lowest BCUT2D eigenvalue weighted by Gasteiger charge is -2.52. The molecule has 0 amide bonds. The zero-order chi connectivity index (χ0) is 30.5. The molecule has 14 N–H and O–H groups in total. The molecule has 3 aliphatic rings. The molecule has 1 aliphatic carbocycles. The molecule has 0 aromatic rings. The molecule has 0 aromatic carbocycles. The van der Waals surface area contributed by atoms with Crippen molar-refractivity contribution in [1.29, 1.82) is 0 Å². The van der Waals surface area contributed by atoms with E-state index in [0.717, 1.165) is 0 Å². The third kappa shape index (κ3) is 7.91. The maximum absolute atomic E-state index is 11.7. The van der Waals surface area contributed by atoms with E-state index in [9.17, 15) is 40.9 Å².